The summed E-state index contributed by atoms with van der Waals surface area (Å²) in [6.45, 7) is 4.73. The first-order chi connectivity index (χ1) is 9.67. The van der Waals surface area contributed by atoms with E-state index in [0.29, 0.717) is 13.0 Å². The standard InChI is InChI=1S/C17H27NO2/c1-3-14(15-9-6-5-7-10-15)13-17(20)18-12-8-11-16(19)4-2/h5-7,9-10,14,16,19H,3-4,8,11-13H2,1-2H3,(H,18,20)/t14-,16+/m0/s1. The molecule has 3 heteroatoms. The minimum atomic E-state index is -0.236. The Morgan fingerprint density at radius 3 is 2.50 bits per heavy atom. The lowest BCUT2D eigenvalue weighted by Gasteiger charge is -2.15. The molecule has 1 aromatic rings. The summed E-state index contributed by atoms with van der Waals surface area (Å²) in [6.07, 6.45) is 3.64. The molecule has 3 nitrogen and oxygen atoms in total. The number of amides is 1. The van der Waals surface area contributed by atoms with Crippen LogP contribution in [0.3, 0.4) is 0 Å². The van der Waals surface area contributed by atoms with E-state index in [2.05, 4.69) is 24.4 Å². The first kappa shape index (κ1) is 16.7. The second kappa shape index (κ2) is 9.54. The molecular formula is C17H27NO2. The molecule has 1 rings (SSSR count). The number of aliphatic hydroxyl groups is 1. The lowest BCUT2D eigenvalue weighted by Crippen LogP contribution is -2.26. The van der Waals surface area contributed by atoms with E-state index in [1.165, 1.54) is 5.56 Å². The van der Waals surface area contributed by atoms with Gasteiger partial charge in [0.25, 0.3) is 0 Å². The Bertz CT molecular complexity index is 378. The van der Waals surface area contributed by atoms with Crippen molar-refractivity contribution in [3.05, 3.63) is 35.9 Å². The largest absolute Gasteiger partial charge is 0.393 e. The van der Waals surface area contributed by atoms with Gasteiger partial charge in [0.2, 0.25) is 5.91 Å². The van der Waals surface area contributed by atoms with Gasteiger partial charge in [-0.25, -0.2) is 0 Å². The Hall–Kier alpha value is -1.35. The second-order valence-electron chi connectivity index (χ2n) is 5.27. The van der Waals surface area contributed by atoms with E-state index < -0.39 is 0 Å². The van der Waals surface area contributed by atoms with Crippen molar-refractivity contribution in [2.75, 3.05) is 6.54 Å². The molecule has 0 saturated heterocycles. The summed E-state index contributed by atoms with van der Waals surface area (Å²) in [4.78, 5) is 11.9. The Kier molecular flexibility index (Phi) is 7.97. The molecule has 112 valence electrons. The maximum Gasteiger partial charge on any atom is 0.220 e. The minimum Gasteiger partial charge on any atom is -0.393 e. The van der Waals surface area contributed by atoms with Gasteiger partial charge >= 0.3 is 0 Å². The van der Waals surface area contributed by atoms with Crippen molar-refractivity contribution in [2.24, 2.45) is 0 Å². The van der Waals surface area contributed by atoms with E-state index in [4.69, 9.17) is 0 Å². The van der Waals surface area contributed by atoms with E-state index in [0.717, 1.165) is 25.7 Å². The van der Waals surface area contributed by atoms with Gasteiger partial charge in [-0.15, -0.1) is 0 Å². The minimum absolute atomic E-state index is 0.103. The zero-order valence-corrected chi connectivity index (χ0v) is 12.6. The summed E-state index contributed by atoms with van der Waals surface area (Å²) in [5.41, 5.74) is 1.23. The number of rotatable bonds is 9. The highest BCUT2D eigenvalue weighted by atomic mass is 16.3. The van der Waals surface area contributed by atoms with Crippen molar-refractivity contribution in [1.82, 2.24) is 5.32 Å². The molecule has 20 heavy (non-hydrogen) atoms. The normalized spacial score (nSPS) is 13.8. The summed E-state index contributed by atoms with van der Waals surface area (Å²) in [7, 11) is 0. The van der Waals surface area contributed by atoms with Gasteiger partial charge in [0.15, 0.2) is 0 Å². The summed E-state index contributed by atoms with van der Waals surface area (Å²) in [5, 5.41) is 12.4. The third-order valence-electron chi connectivity index (χ3n) is 3.70. The summed E-state index contributed by atoms with van der Waals surface area (Å²) >= 11 is 0. The third kappa shape index (κ3) is 6.20. The van der Waals surface area contributed by atoms with Gasteiger partial charge in [-0.2, -0.15) is 0 Å². The van der Waals surface area contributed by atoms with Crippen LogP contribution in [0.4, 0.5) is 0 Å². The quantitative estimate of drug-likeness (QED) is 0.681. The van der Waals surface area contributed by atoms with Gasteiger partial charge in [0, 0.05) is 13.0 Å². The fourth-order valence-electron chi connectivity index (χ4n) is 2.29. The van der Waals surface area contributed by atoms with Crippen molar-refractivity contribution in [3.63, 3.8) is 0 Å². The highest BCUT2D eigenvalue weighted by Gasteiger charge is 2.13. The highest BCUT2D eigenvalue weighted by molar-refractivity contribution is 5.76. The number of aliphatic hydroxyl groups excluding tert-OH is 1. The molecule has 0 saturated carbocycles. The number of benzene rings is 1. The van der Waals surface area contributed by atoms with Gasteiger partial charge in [-0.05, 0) is 37.2 Å². The SMILES string of the molecule is CC[C@@H](O)CCCNC(=O)C[C@H](CC)c1ccccc1. The molecular weight excluding hydrogens is 250 g/mol. The molecule has 0 aliphatic carbocycles. The molecule has 0 radical (unpaired) electrons. The first-order valence-corrected chi connectivity index (χ1v) is 7.67. The lowest BCUT2D eigenvalue weighted by molar-refractivity contribution is -0.121. The first-order valence-electron chi connectivity index (χ1n) is 7.67. The van der Waals surface area contributed by atoms with E-state index in [1.807, 2.05) is 25.1 Å². The van der Waals surface area contributed by atoms with Gasteiger partial charge in [0.1, 0.15) is 0 Å². The van der Waals surface area contributed by atoms with Crippen LogP contribution in [0.2, 0.25) is 0 Å². The molecule has 0 aliphatic heterocycles. The number of hydrogen-bond donors (Lipinski definition) is 2. The maximum atomic E-state index is 11.9. The topological polar surface area (TPSA) is 49.3 Å². The molecule has 0 spiro atoms. The third-order valence-corrected chi connectivity index (χ3v) is 3.70. The Morgan fingerprint density at radius 2 is 1.90 bits per heavy atom. The van der Waals surface area contributed by atoms with E-state index in [9.17, 15) is 9.90 Å². The van der Waals surface area contributed by atoms with Gasteiger partial charge in [-0.3, -0.25) is 4.79 Å². The second-order valence-corrected chi connectivity index (χ2v) is 5.27. The Morgan fingerprint density at radius 1 is 1.20 bits per heavy atom. The van der Waals surface area contributed by atoms with Crippen LogP contribution >= 0.6 is 0 Å². The van der Waals surface area contributed by atoms with Crippen LogP contribution in [-0.4, -0.2) is 23.7 Å². The predicted octanol–water partition coefficient (Wildman–Crippen LogP) is 3.24. The van der Waals surface area contributed by atoms with Crippen LogP contribution in [0.25, 0.3) is 0 Å². The molecule has 0 heterocycles. The maximum absolute atomic E-state index is 11.9. The fourth-order valence-corrected chi connectivity index (χ4v) is 2.29. The Balaban J connectivity index is 2.30. The van der Waals surface area contributed by atoms with Crippen molar-refractivity contribution in [3.8, 4) is 0 Å². The van der Waals surface area contributed by atoms with Crippen molar-refractivity contribution < 1.29 is 9.90 Å². The molecule has 2 N–H and O–H groups in total. The zero-order chi connectivity index (χ0) is 14.8. The number of hydrogen-bond acceptors (Lipinski definition) is 2. The molecule has 0 bridgehead atoms. The summed E-state index contributed by atoms with van der Waals surface area (Å²) in [5.74, 6) is 0.393. The van der Waals surface area contributed by atoms with Crippen LogP contribution in [0, 0.1) is 0 Å². The number of carbonyl (C=O) groups excluding carboxylic acids is 1. The molecule has 1 amide bonds. The smallest absolute Gasteiger partial charge is 0.220 e. The zero-order valence-electron chi connectivity index (χ0n) is 12.6. The molecule has 0 fully saturated rings. The molecule has 0 unspecified atom stereocenters. The molecule has 2 atom stereocenters. The average molecular weight is 277 g/mol. The van der Waals surface area contributed by atoms with E-state index >= 15 is 0 Å². The van der Waals surface area contributed by atoms with Crippen LogP contribution < -0.4 is 5.32 Å². The number of carbonyl (C=O) groups is 1. The highest BCUT2D eigenvalue weighted by Crippen LogP contribution is 2.22. The van der Waals surface area contributed by atoms with E-state index in [1.54, 1.807) is 0 Å². The summed E-state index contributed by atoms with van der Waals surface area (Å²) in [6, 6.07) is 10.2. The van der Waals surface area contributed by atoms with Gasteiger partial charge in [-0.1, -0.05) is 44.2 Å². The van der Waals surface area contributed by atoms with Crippen LogP contribution in [0.1, 0.15) is 57.4 Å². The Labute approximate surface area is 122 Å². The van der Waals surface area contributed by atoms with Gasteiger partial charge < -0.3 is 10.4 Å². The molecule has 0 aromatic heterocycles. The lowest BCUT2D eigenvalue weighted by atomic mass is 9.93. The average Bonchev–Trinajstić information content (AvgIpc) is 2.49. The molecule has 0 aliphatic rings. The van der Waals surface area contributed by atoms with Gasteiger partial charge in [0.05, 0.1) is 6.10 Å². The fraction of sp³-hybridized carbons (Fsp3) is 0.588. The van der Waals surface area contributed by atoms with Crippen molar-refractivity contribution >= 4 is 5.91 Å². The van der Waals surface area contributed by atoms with Crippen LogP contribution in [-0.2, 0) is 4.79 Å². The van der Waals surface area contributed by atoms with Crippen LogP contribution in [0.5, 0.6) is 0 Å². The van der Waals surface area contributed by atoms with Crippen molar-refractivity contribution in [1.29, 1.82) is 0 Å². The molecule has 1 aromatic carbocycles. The van der Waals surface area contributed by atoms with E-state index in [-0.39, 0.29) is 17.9 Å². The van der Waals surface area contributed by atoms with Crippen molar-refractivity contribution in [2.45, 2.75) is 58.0 Å². The van der Waals surface area contributed by atoms with Crippen LogP contribution in [0.15, 0.2) is 30.3 Å². The number of nitrogens with one attached hydrogen (secondary N) is 1. The predicted molar refractivity (Wildman–Crippen MR) is 82.6 cm³/mol. The summed E-state index contributed by atoms with van der Waals surface area (Å²) < 4.78 is 0. The monoisotopic (exact) mass is 277 g/mol.